The van der Waals surface area contributed by atoms with Crippen LogP contribution in [0.3, 0.4) is 0 Å². The molecule has 102 valence electrons. The Balaban J connectivity index is 0.00000324. The van der Waals surface area contributed by atoms with Gasteiger partial charge in [0.2, 0.25) is 10.0 Å². The molecule has 9 heteroatoms. The third-order valence-electron chi connectivity index (χ3n) is 2.11. The molecule has 0 saturated carbocycles. The number of sulfonamides is 1. The first-order valence-electron chi connectivity index (χ1n) is 5.25. The van der Waals surface area contributed by atoms with E-state index in [2.05, 4.69) is 0 Å². The van der Waals surface area contributed by atoms with E-state index in [1.165, 1.54) is 0 Å². The van der Waals surface area contributed by atoms with E-state index < -0.39 is 16.7 Å². The Morgan fingerprint density at radius 1 is 1.37 bits per heavy atom. The van der Waals surface area contributed by atoms with Gasteiger partial charge in [-0.3, -0.25) is 0 Å². The van der Waals surface area contributed by atoms with E-state index >= 15 is 0 Å². The fourth-order valence-electron chi connectivity index (χ4n) is 1.35. The number of hydrogen-bond acceptors (Lipinski definition) is 5. The molecule has 0 aromatic heterocycles. The van der Waals surface area contributed by atoms with Crippen LogP contribution in [-0.2, 0) is 32.9 Å². The van der Waals surface area contributed by atoms with E-state index in [1.807, 2.05) is 6.07 Å². The number of rotatable bonds is 6. The first-order chi connectivity index (χ1) is 8.27. The standard InChI is InChI=1S/C10H16NO4PS2.K/c1-3-15-16(12,17)11(18(2,13)14)9-10-7-5-4-6-8-10;/h4-8H,3,9H2,1-2H3,(H,12,17);/q;+1/p-1. The maximum Gasteiger partial charge on any atom is 1.00 e. The Kier molecular flexibility index (Phi) is 9.31. The van der Waals surface area contributed by atoms with Crippen LogP contribution in [0, 0.1) is 0 Å². The molecule has 0 radical (unpaired) electrons. The van der Waals surface area contributed by atoms with Crippen LogP contribution in [0.2, 0.25) is 0 Å². The Hall–Kier alpha value is 1.34. The Bertz CT molecular complexity index is 538. The van der Waals surface area contributed by atoms with Crippen molar-refractivity contribution in [3.8, 4) is 0 Å². The van der Waals surface area contributed by atoms with Gasteiger partial charge in [0.1, 0.15) is 0 Å². The summed E-state index contributed by atoms with van der Waals surface area (Å²) >= 11 is 4.79. The molecule has 1 atom stereocenters. The monoisotopic (exact) mass is 347 g/mol. The summed E-state index contributed by atoms with van der Waals surface area (Å²) in [5.41, 5.74) is 0.702. The predicted octanol–water partition coefficient (Wildman–Crippen LogP) is -1.93. The molecule has 0 fully saturated rings. The van der Waals surface area contributed by atoms with Crippen molar-refractivity contribution in [2.45, 2.75) is 13.5 Å². The first kappa shape index (κ1) is 20.3. The smallest absolute Gasteiger partial charge is 0.789 e. The van der Waals surface area contributed by atoms with Crippen LogP contribution >= 0.6 is 6.64 Å². The third-order valence-corrected chi connectivity index (χ3v) is 7.03. The molecule has 5 nitrogen and oxygen atoms in total. The maximum absolute atomic E-state index is 12.1. The molecule has 0 N–H and O–H groups in total. The van der Waals surface area contributed by atoms with Crippen LogP contribution in [0.25, 0.3) is 0 Å². The van der Waals surface area contributed by atoms with E-state index in [0.717, 1.165) is 10.3 Å². The largest absolute Gasteiger partial charge is 1.00 e. The molecule has 19 heavy (non-hydrogen) atoms. The molecule has 1 unspecified atom stereocenters. The average Bonchev–Trinajstić information content (AvgIpc) is 2.25. The second-order valence-corrected chi connectivity index (χ2v) is 8.86. The van der Waals surface area contributed by atoms with Crippen LogP contribution in [0.1, 0.15) is 12.5 Å². The normalized spacial score (nSPS) is 14.7. The summed E-state index contributed by atoms with van der Waals surface area (Å²) in [6.45, 7) is -2.10. The van der Waals surface area contributed by atoms with E-state index in [0.29, 0.717) is 5.56 Å². The topological polar surface area (TPSA) is 69.7 Å². The molecule has 0 aliphatic carbocycles. The summed E-state index contributed by atoms with van der Waals surface area (Å²) in [4.78, 5) is 12.1. The number of nitrogens with zero attached hydrogens (tertiary/aromatic N) is 1. The van der Waals surface area contributed by atoms with Crippen molar-refractivity contribution < 1.29 is 69.2 Å². The van der Waals surface area contributed by atoms with Crippen molar-refractivity contribution in [3.63, 3.8) is 0 Å². The van der Waals surface area contributed by atoms with Gasteiger partial charge in [-0.05, 0) is 12.5 Å². The van der Waals surface area contributed by atoms with Crippen molar-refractivity contribution >= 4 is 28.5 Å². The van der Waals surface area contributed by atoms with Crippen molar-refractivity contribution in [2.75, 3.05) is 12.9 Å². The number of benzene rings is 1. The fraction of sp³-hybridized carbons (Fsp3) is 0.400. The Morgan fingerprint density at radius 3 is 2.32 bits per heavy atom. The second kappa shape index (κ2) is 8.70. The van der Waals surface area contributed by atoms with Crippen LogP contribution in [0.5, 0.6) is 0 Å². The van der Waals surface area contributed by atoms with Gasteiger partial charge in [0.15, 0.2) is 0 Å². The molecule has 0 heterocycles. The van der Waals surface area contributed by atoms with E-state index in [4.69, 9.17) is 16.3 Å². The van der Waals surface area contributed by atoms with Crippen LogP contribution in [0.15, 0.2) is 30.3 Å². The minimum absolute atomic E-state index is 0. The minimum atomic E-state index is -3.76. The zero-order valence-corrected chi connectivity index (χ0v) is 16.8. The molecule has 1 rings (SSSR count). The van der Waals surface area contributed by atoms with Gasteiger partial charge in [-0.1, -0.05) is 42.1 Å². The third kappa shape index (κ3) is 6.75. The molecule has 0 bridgehead atoms. The molecule has 1 aromatic rings. The SMILES string of the molecule is CCOP([O-])(=S)N(Cc1ccccc1)S(C)(=O)=O.[K+]. The van der Waals surface area contributed by atoms with Gasteiger partial charge in [-0.15, -0.1) is 0 Å². The summed E-state index contributed by atoms with van der Waals surface area (Å²) < 4.78 is 29.0. The predicted molar refractivity (Wildman–Crippen MR) is 72.7 cm³/mol. The molecule has 0 aliphatic rings. The molecule has 0 amide bonds. The maximum atomic E-state index is 12.1. The van der Waals surface area contributed by atoms with E-state index in [9.17, 15) is 13.3 Å². The van der Waals surface area contributed by atoms with Crippen LogP contribution in [0.4, 0.5) is 0 Å². The summed E-state index contributed by atoms with van der Waals surface area (Å²) in [5.74, 6) is 0. The first-order valence-corrected chi connectivity index (χ1v) is 9.69. The van der Waals surface area contributed by atoms with Gasteiger partial charge < -0.3 is 9.42 Å². The van der Waals surface area contributed by atoms with Gasteiger partial charge in [-0.25, -0.2) is 8.42 Å². The van der Waals surface area contributed by atoms with Crippen molar-refractivity contribution in [3.05, 3.63) is 35.9 Å². The second-order valence-electron chi connectivity index (χ2n) is 3.62. The van der Waals surface area contributed by atoms with Crippen molar-refractivity contribution in [1.29, 1.82) is 0 Å². The zero-order chi connectivity index (χ0) is 13.8. The van der Waals surface area contributed by atoms with Gasteiger partial charge in [-0.2, -0.15) is 4.08 Å². The van der Waals surface area contributed by atoms with Crippen LogP contribution in [-0.4, -0.2) is 25.4 Å². The van der Waals surface area contributed by atoms with Gasteiger partial charge >= 0.3 is 51.4 Å². The molecular weight excluding hydrogens is 332 g/mol. The van der Waals surface area contributed by atoms with Gasteiger partial charge in [0, 0.05) is 13.2 Å². The average molecular weight is 347 g/mol. The number of hydrogen-bond donors (Lipinski definition) is 0. The van der Waals surface area contributed by atoms with Crippen molar-refractivity contribution in [1.82, 2.24) is 4.08 Å². The van der Waals surface area contributed by atoms with Gasteiger partial charge in [0.05, 0.1) is 12.9 Å². The van der Waals surface area contributed by atoms with Crippen molar-refractivity contribution in [2.24, 2.45) is 0 Å². The van der Waals surface area contributed by atoms with E-state index in [-0.39, 0.29) is 64.5 Å². The molecule has 0 aliphatic heterocycles. The summed E-state index contributed by atoms with van der Waals surface area (Å²) in [6.07, 6.45) is 0.966. The summed E-state index contributed by atoms with van der Waals surface area (Å²) in [6, 6.07) is 8.82. The summed E-state index contributed by atoms with van der Waals surface area (Å²) in [5, 5.41) is 0. The summed E-state index contributed by atoms with van der Waals surface area (Å²) in [7, 11) is -3.70. The Morgan fingerprint density at radius 2 is 1.89 bits per heavy atom. The quantitative estimate of drug-likeness (QED) is 0.443. The zero-order valence-electron chi connectivity index (χ0n) is 11.1. The van der Waals surface area contributed by atoms with Gasteiger partial charge in [0.25, 0.3) is 0 Å². The molecule has 0 saturated heterocycles. The fourth-order valence-corrected chi connectivity index (χ4v) is 5.70. The van der Waals surface area contributed by atoms with E-state index in [1.54, 1.807) is 31.2 Å². The Labute approximate surface area is 162 Å². The molecule has 1 aromatic carbocycles. The molecular formula is C10H15KNO4PS2. The minimum Gasteiger partial charge on any atom is -0.789 e. The molecule has 0 spiro atoms. The van der Waals surface area contributed by atoms with Crippen LogP contribution < -0.4 is 56.3 Å².